The predicted octanol–water partition coefficient (Wildman–Crippen LogP) is 0.394. The van der Waals surface area contributed by atoms with Crippen LogP contribution in [0.2, 0.25) is 0 Å². The topological polar surface area (TPSA) is 84.8 Å². The molecule has 0 amide bonds. The quantitative estimate of drug-likeness (QED) is 0.470. The molecule has 0 bridgehead atoms. The van der Waals surface area contributed by atoms with Crippen LogP contribution in [0.1, 0.15) is 5.69 Å². The molecule has 1 heterocycles. The molecule has 0 atom stereocenters. The van der Waals surface area contributed by atoms with Crippen molar-refractivity contribution in [3.63, 3.8) is 0 Å². The molecule has 0 aliphatic rings. The van der Waals surface area contributed by atoms with Crippen LogP contribution in [-0.4, -0.2) is 14.7 Å². The van der Waals surface area contributed by atoms with Gasteiger partial charge in [0.15, 0.2) is 0 Å². The van der Waals surface area contributed by atoms with Gasteiger partial charge in [0, 0.05) is 7.05 Å². The molecule has 0 spiro atoms. The van der Waals surface area contributed by atoms with E-state index >= 15 is 0 Å². The van der Waals surface area contributed by atoms with Gasteiger partial charge >= 0.3 is 5.69 Å². The smallest absolute Gasteiger partial charge is 0.264 e. The lowest BCUT2D eigenvalue weighted by Gasteiger charge is -1.93. The van der Waals surface area contributed by atoms with Gasteiger partial charge in [0.2, 0.25) is 0 Å². The minimum absolute atomic E-state index is 0.00676. The van der Waals surface area contributed by atoms with E-state index in [9.17, 15) is 10.1 Å². The van der Waals surface area contributed by atoms with Gasteiger partial charge in [0.05, 0.1) is 17.4 Å². The summed E-state index contributed by atoms with van der Waals surface area (Å²) in [7, 11) is 1.57. The minimum atomic E-state index is -0.542. The Morgan fingerprint density at radius 3 is 3.08 bits per heavy atom. The van der Waals surface area contributed by atoms with Gasteiger partial charge in [0.1, 0.15) is 11.9 Å². The lowest BCUT2D eigenvalue weighted by molar-refractivity contribution is -0.385. The van der Waals surface area contributed by atoms with Gasteiger partial charge in [-0.2, -0.15) is 10.4 Å². The second-order valence-corrected chi connectivity index (χ2v) is 2.19. The Labute approximate surface area is 68.2 Å². The van der Waals surface area contributed by atoms with E-state index in [1.165, 1.54) is 4.68 Å². The van der Waals surface area contributed by atoms with Crippen molar-refractivity contribution in [1.29, 1.82) is 5.26 Å². The monoisotopic (exact) mass is 166 g/mol. The van der Waals surface area contributed by atoms with Crippen LogP contribution >= 0.6 is 0 Å². The van der Waals surface area contributed by atoms with Gasteiger partial charge in [-0.1, -0.05) is 0 Å². The number of aromatic nitrogens is 2. The summed E-state index contributed by atoms with van der Waals surface area (Å²) in [6, 6.07) is 1.84. The van der Waals surface area contributed by atoms with E-state index in [0.717, 1.165) is 6.20 Å². The van der Waals surface area contributed by atoms with E-state index in [1.54, 1.807) is 7.05 Å². The Bertz CT molecular complexity index is 349. The first-order chi connectivity index (χ1) is 5.66. The molecule has 0 unspecified atom stereocenters. The summed E-state index contributed by atoms with van der Waals surface area (Å²) in [5.74, 6) is 0. The lowest BCUT2D eigenvalue weighted by Crippen LogP contribution is -1.99. The zero-order chi connectivity index (χ0) is 9.14. The van der Waals surface area contributed by atoms with Crippen LogP contribution in [0.25, 0.3) is 0 Å². The summed E-state index contributed by atoms with van der Waals surface area (Å²) in [6.45, 7) is 0. The van der Waals surface area contributed by atoms with Crippen LogP contribution < -0.4 is 0 Å². The van der Waals surface area contributed by atoms with Gasteiger partial charge in [-0.3, -0.25) is 14.8 Å². The van der Waals surface area contributed by atoms with Gasteiger partial charge in [-0.15, -0.1) is 0 Å². The Hall–Kier alpha value is -1.90. The fraction of sp³-hybridized carbons (Fsp3) is 0.333. The first kappa shape index (κ1) is 8.20. The minimum Gasteiger partial charge on any atom is -0.264 e. The van der Waals surface area contributed by atoms with Crippen molar-refractivity contribution in [2.75, 3.05) is 0 Å². The fourth-order valence-electron chi connectivity index (χ4n) is 0.884. The maximum atomic E-state index is 10.4. The van der Waals surface area contributed by atoms with E-state index in [4.69, 9.17) is 5.26 Å². The second-order valence-electron chi connectivity index (χ2n) is 2.19. The second kappa shape index (κ2) is 3.00. The first-order valence-corrected chi connectivity index (χ1v) is 3.19. The van der Waals surface area contributed by atoms with Crippen LogP contribution in [0.15, 0.2) is 6.20 Å². The summed E-state index contributed by atoms with van der Waals surface area (Å²) in [4.78, 5) is 9.81. The normalized spacial score (nSPS) is 9.33. The van der Waals surface area contributed by atoms with Gasteiger partial charge < -0.3 is 0 Å². The summed E-state index contributed by atoms with van der Waals surface area (Å²) < 4.78 is 1.33. The molecule has 12 heavy (non-hydrogen) atoms. The largest absolute Gasteiger partial charge is 0.311 e. The zero-order valence-electron chi connectivity index (χ0n) is 6.39. The van der Waals surface area contributed by atoms with Crippen LogP contribution in [0.4, 0.5) is 5.69 Å². The Morgan fingerprint density at radius 1 is 1.92 bits per heavy atom. The molecule has 0 saturated heterocycles. The van der Waals surface area contributed by atoms with Gasteiger partial charge in [-0.25, -0.2) is 0 Å². The summed E-state index contributed by atoms with van der Waals surface area (Å²) in [5, 5.41) is 22.4. The zero-order valence-corrected chi connectivity index (χ0v) is 6.39. The molecule has 1 aromatic rings. The molecular weight excluding hydrogens is 160 g/mol. The number of aryl methyl sites for hydroxylation is 1. The molecule has 0 aliphatic heterocycles. The van der Waals surface area contributed by atoms with Crippen molar-refractivity contribution in [1.82, 2.24) is 9.78 Å². The van der Waals surface area contributed by atoms with Crippen molar-refractivity contribution in [3.05, 3.63) is 22.0 Å². The molecule has 0 aliphatic carbocycles. The summed E-state index contributed by atoms with van der Waals surface area (Å²) in [5.41, 5.74) is 0.238. The van der Waals surface area contributed by atoms with Crippen molar-refractivity contribution >= 4 is 5.69 Å². The molecule has 6 heteroatoms. The number of hydrogen-bond acceptors (Lipinski definition) is 4. The highest BCUT2D eigenvalue weighted by molar-refractivity contribution is 5.34. The van der Waals surface area contributed by atoms with Crippen LogP contribution in [0.5, 0.6) is 0 Å². The number of rotatable bonds is 2. The molecule has 0 N–H and O–H groups in total. The van der Waals surface area contributed by atoms with E-state index in [1.807, 2.05) is 6.07 Å². The molecule has 0 fully saturated rings. The van der Waals surface area contributed by atoms with E-state index in [-0.39, 0.29) is 12.1 Å². The summed E-state index contributed by atoms with van der Waals surface area (Å²) in [6.07, 6.45) is 1.15. The maximum Gasteiger partial charge on any atom is 0.311 e. The molecular formula is C6H6N4O2. The number of nitro groups is 1. The number of nitrogens with zero attached hydrogens (tertiary/aromatic N) is 4. The van der Waals surface area contributed by atoms with Crippen molar-refractivity contribution < 1.29 is 4.92 Å². The third kappa shape index (κ3) is 1.25. The highest BCUT2D eigenvalue weighted by Crippen LogP contribution is 2.16. The molecule has 0 saturated carbocycles. The molecule has 1 aromatic heterocycles. The molecule has 0 aromatic carbocycles. The van der Waals surface area contributed by atoms with Crippen LogP contribution in [0.3, 0.4) is 0 Å². The molecule has 1 rings (SSSR count). The van der Waals surface area contributed by atoms with E-state index in [0.29, 0.717) is 5.69 Å². The van der Waals surface area contributed by atoms with Crippen molar-refractivity contribution in [2.45, 2.75) is 6.42 Å². The fourth-order valence-corrected chi connectivity index (χ4v) is 0.884. The molecule has 0 radical (unpaired) electrons. The van der Waals surface area contributed by atoms with E-state index < -0.39 is 4.92 Å². The van der Waals surface area contributed by atoms with Crippen LogP contribution in [-0.2, 0) is 13.5 Å². The highest BCUT2D eigenvalue weighted by atomic mass is 16.6. The average molecular weight is 166 g/mol. The maximum absolute atomic E-state index is 10.4. The Kier molecular flexibility index (Phi) is 2.05. The third-order valence-electron chi connectivity index (χ3n) is 1.48. The van der Waals surface area contributed by atoms with E-state index in [2.05, 4.69) is 5.10 Å². The SMILES string of the molecule is Cn1ncc([N+](=O)[O-])c1CC#N. The van der Waals surface area contributed by atoms with Gasteiger partial charge in [-0.05, 0) is 0 Å². The Balaban J connectivity index is 3.14. The number of nitriles is 1. The third-order valence-corrected chi connectivity index (χ3v) is 1.48. The Morgan fingerprint density at radius 2 is 2.58 bits per heavy atom. The molecule has 6 nitrogen and oxygen atoms in total. The highest BCUT2D eigenvalue weighted by Gasteiger charge is 2.17. The standard InChI is InChI=1S/C6H6N4O2/c1-9-5(2-3-7)6(4-8-9)10(11)12/h4H,2H2,1H3. The molecule has 62 valence electrons. The lowest BCUT2D eigenvalue weighted by atomic mass is 10.3. The number of hydrogen-bond donors (Lipinski definition) is 0. The predicted molar refractivity (Wildman–Crippen MR) is 39.2 cm³/mol. The van der Waals surface area contributed by atoms with Crippen LogP contribution in [0, 0.1) is 21.4 Å². The summed E-state index contributed by atoms with van der Waals surface area (Å²) >= 11 is 0. The average Bonchev–Trinajstić information content (AvgIpc) is 2.34. The first-order valence-electron chi connectivity index (χ1n) is 3.19. The van der Waals surface area contributed by atoms with Crippen molar-refractivity contribution in [3.8, 4) is 6.07 Å². The van der Waals surface area contributed by atoms with Gasteiger partial charge in [0.25, 0.3) is 0 Å². The van der Waals surface area contributed by atoms with Crippen molar-refractivity contribution in [2.24, 2.45) is 7.05 Å².